The number of likely N-dealkylation sites (tertiary alicyclic amines) is 1. The first-order chi connectivity index (χ1) is 14.2. The quantitative estimate of drug-likeness (QED) is 0.664. The van der Waals surface area contributed by atoms with Crippen LogP contribution < -0.4 is 10.1 Å². The number of thiophene rings is 1. The fraction of sp³-hybridized carbons (Fsp3) is 0.450. The molecule has 152 valence electrons. The third kappa shape index (κ3) is 3.47. The molecule has 0 unspecified atom stereocenters. The maximum atomic E-state index is 12.9. The van der Waals surface area contributed by atoms with Gasteiger partial charge in [-0.15, -0.1) is 11.3 Å². The van der Waals surface area contributed by atoms with Gasteiger partial charge in [0.05, 0.1) is 11.8 Å². The number of nitrogens with zero attached hydrogens (tertiary/aromatic N) is 3. The zero-order valence-electron chi connectivity index (χ0n) is 16.1. The lowest BCUT2D eigenvalue weighted by molar-refractivity contribution is 0.0211. The van der Waals surface area contributed by atoms with E-state index in [-0.39, 0.29) is 11.4 Å². The number of carbonyl (C=O) groups is 1. The zero-order valence-corrected chi connectivity index (χ0v) is 17.8. The normalized spacial score (nSPS) is 18.4. The van der Waals surface area contributed by atoms with Crippen molar-refractivity contribution in [2.45, 2.75) is 19.3 Å². The summed E-state index contributed by atoms with van der Waals surface area (Å²) in [5.41, 5.74) is 1.92. The standard InChI is InChI=1S/C20H22N4O3S2/c1-26-17-15-16(13(11-21-17)14-3-2-10-28-14)29-18(22-15)23-19(25)24-7-4-20(12-24)5-8-27-9-6-20/h2-3,10-11H,4-9,12H2,1H3,(H,22,23,25). The second kappa shape index (κ2) is 7.55. The van der Waals surface area contributed by atoms with Crippen LogP contribution in [-0.2, 0) is 4.74 Å². The summed E-state index contributed by atoms with van der Waals surface area (Å²) >= 11 is 3.12. The van der Waals surface area contributed by atoms with Crippen LogP contribution in [0.5, 0.6) is 5.88 Å². The van der Waals surface area contributed by atoms with Crippen molar-refractivity contribution in [3.8, 4) is 16.3 Å². The Labute approximate surface area is 176 Å². The topological polar surface area (TPSA) is 76.6 Å². The van der Waals surface area contributed by atoms with Crippen LogP contribution in [0.2, 0.25) is 0 Å². The number of nitrogens with one attached hydrogen (secondary N) is 1. The van der Waals surface area contributed by atoms with Gasteiger partial charge in [-0.1, -0.05) is 17.4 Å². The third-order valence-electron chi connectivity index (χ3n) is 5.86. The van der Waals surface area contributed by atoms with Crippen molar-refractivity contribution in [3.63, 3.8) is 0 Å². The Balaban J connectivity index is 1.39. The Hall–Kier alpha value is -2.23. The first-order valence-electron chi connectivity index (χ1n) is 9.69. The van der Waals surface area contributed by atoms with Crippen LogP contribution in [0.25, 0.3) is 20.7 Å². The molecule has 3 aromatic heterocycles. The molecule has 0 atom stereocenters. The molecule has 2 aliphatic rings. The van der Waals surface area contributed by atoms with Crippen LogP contribution in [0, 0.1) is 5.41 Å². The lowest BCUT2D eigenvalue weighted by Crippen LogP contribution is -2.37. The van der Waals surface area contributed by atoms with Crippen molar-refractivity contribution >= 4 is 44.1 Å². The number of rotatable bonds is 3. The largest absolute Gasteiger partial charge is 0.479 e. The number of anilines is 1. The molecule has 5 heterocycles. The van der Waals surface area contributed by atoms with Crippen LogP contribution >= 0.6 is 22.7 Å². The molecular formula is C20H22N4O3S2. The summed E-state index contributed by atoms with van der Waals surface area (Å²) in [5, 5.41) is 5.61. The second-order valence-electron chi connectivity index (χ2n) is 7.57. The number of carbonyl (C=O) groups excluding carboxylic acids is 1. The minimum Gasteiger partial charge on any atom is -0.479 e. The third-order valence-corrected chi connectivity index (χ3v) is 7.77. The highest BCUT2D eigenvalue weighted by atomic mass is 32.1. The van der Waals surface area contributed by atoms with E-state index >= 15 is 0 Å². The van der Waals surface area contributed by atoms with Gasteiger partial charge in [-0.25, -0.2) is 14.8 Å². The van der Waals surface area contributed by atoms with E-state index in [9.17, 15) is 4.79 Å². The summed E-state index contributed by atoms with van der Waals surface area (Å²) in [5.74, 6) is 0.472. The van der Waals surface area contributed by atoms with Gasteiger partial charge < -0.3 is 14.4 Å². The van der Waals surface area contributed by atoms with Gasteiger partial charge in [0.2, 0.25) is 5.88 Å². The average molecular weight is 431 g/mol. The molecule has 9 heteroatoms. The minimum atomic E-state index is -0.0861. The summed E-state index contributed by atoms with van der Waals surface area (Å²) in [6.45, 7) is 3.16. The summed E-state index contributed by atoms with van der Waals surface area (Å²) in [6.07, 6.45) is 4.92. The molecule has 0 saturated carbocycles. The highest BCUT2D eigenvalue weighted by Gasteiger charge is 2.41. The van der Waals surface area contributed by atoms with Gasteiger partial charge >= 0.3 is 6.03 Å². The monoisotopic (exact) mass is 430 g/mol. The first kappa shape index (κ1) is 18.8. The van der Waals surface area contributed by atoms with E-state index < -0.39 is 0 Å². The SMILES string of the molecule is COc1ncc(-c2cccs2)c2sc(NC(=O)N3CCC4(CCOCC4)C3)nc12. The Morgan fingerprint density at radius 1 is 1.34 bits per heavy atom. The number of aromatic nitrogens is 2. The van der Waals surface area contributed by atoms with Crippen LogP contribution in [0.1, 0.15) is 19.3 Å². The van der Waals surface area contributed by atoms with E-state index in [1.54, 1.807) is 18.4 Å². The van der Waals surface area contributed by atoms with Gasteiger partial charge in [0, 0.05) is 42.9 Å². The molecule has 2 saturated heterocycles. The number of urea groups is 1. The highest BCUT2D eigenvalue weighted by Crippen LogP contribution is 2.41. The Kier molecular flexibility index (Phi) is 4.89. The lowest BCUT2D eigenvalue weighted by Gasteiger charge is -2.33. The predicted octanol–water partition coefficient (Wildman–Crippen LogP) is 4.46. The van der Waals surface area contributed by atoms with Crippen molar-refractivity contribution in [2.75, 3.05) is 38.7 Å². The summed E-state index contributed by atoms with van der Waals surface area (Å²) < 4.78 is 11.9. The van der Waals surface area contributed by atoms with Crippen molar-refractivity contribution in [3.05, 3.63) is 23.7 Å². The minimum absolute atomic E-state index is 0.0861. The molecule has 7 nitrogen and oxygen atoms in total. The number of hydrogen-bond acceptors (Lipinski definition) is 7. The molecule has 29 heavy (non-hydrogen) atoms. The van der Waals surface area contributed by atoms with E-state index in [0.29, 0.717) is 16.5 Å². The van der Waals surface area contributed by atoms with Crippen molar-refractivity contribution in [1.82, 2.24) is 14.9 Å². The molecule has 1 spiro atoms. The number of ether oxygens (including phenoxy) is 2. The molecule has 3 aromatic rings. The van der Waals surface area contributed by atoms with E-state index in [0.717, 1.165) is 60.7 Å². The second-order valence-corrected chi connectivity index (χ2v) is 9.52. The number of pyridine rings is 1. The van der Waals surface area contributed by atoms with E-state index in [4.69, 9.17) is 9.47 Å². The van der Waals surface area contributed by atoms with E-state index in [2.05, 4.69) is 21.4 Å². The van der Waals surface area contributed by atoms with Crippen LogP contribution in [0.15, 0.2) is 23.7 Å². The van der Waals surface area contributed by atoms with E-state index in [1.165, 1.54) is 11.3 Å². The molecule has 2 fully saturated rings. The van der Waals surface area contributed by atoms with Crippen molar-refractivity contribution < 1.29 is 14.3 Å². The average Bonchev–Trinajstić information content (AvgIpc) is 3.48. The first-order valence-corrected chi connectivity index (χ1v) is 11.4. The van der Waals surface area contributed by atoms with Crippen LogP contribution in [-0.4, -0.2) is 54.3 Å². The molecular weight excluding hydrogens is 408 g/mol. The van der Waals surface area contributed by atoms with Crippen molar-refractivity contribution in [2.24, 2.45) is 5.41 Å². The van der Waals surface area contributed by atoms with Gasteiger partial charge in [0.15, 0.2) is 5.13 Å². The van der Waals surface area contributed by atoms with Gasteiger partial charge in [-0.05, 0) is 36.1 Å². The smallest absolute Gasteiger partial charge is 0.323 e. The van der Waals surface area contributed by atoms with Gasteiger partial charge in [-0.2, -0.15) is 0 Å². The number of thiazole rings is 1. The lowest BCUT2D eigenvalue weighted by atomic mass is 9.80. The van der Waals surface area contributed by atoms with Crippen molar-refractivity contribution in [1.29, 1.82) is 0 Å². The summed E-state index contributed by atoms with van der Waals surface area (Å²) in [6, 6.07) is 3.99. The number of amides is 2. The molecule has 1 N–H and O–H groups in total. The Bertz CT molecular complexity index is 1030. The van der Waals surface area contributed by atoms with E-state index in [1.807, 2.05) is 22.5 Å². The number of hydrogen-bond donors (Lipinski definition) is 1. The van der Waals surface area contributed by atoms with Gasteiger partial charge in [0.1, 0.15) is 5.52 Å². The summed E-state index contributed by atoms with van der Waals surface area (Å²) in [7, 11) is 1.59. The Morgan fingerprint density at radius 2 is 2.21 bits per heavy atom. The number of fused-ring (bicyclic) bond motifs is 1. The van der Waals surface area contributed by atoms with Crippen LogP contribution in [0.4, 0.5) is 9.93 Å². The maximum absolute atomic E-state index is 12.9. The molecule has 0 aliphatic carbocycles. The van der Waals surface area contributed by atoms with Gasteiger partial charge in [0.25, 0.3) is 0 Å². The zero-order chi connectivity index (χ0) is 19.8. The fourth-order valence-electron chi connectivity index (χ4n) is 4.19. The molecule has 0 aromatic carbocycles. The van der Waals surface area contributed by atoms with Gasteiger partial charge in [-0.3, -0.25) is 5.32 Å². The Morgan fingerprint density at radius 3 is 2.97 bits per heavy atom. The fourth-order valence-corrected chi connectivity index (χ4v) is 5.97. The molecule has 0 radical (unpaired) electrons. The summed E-state index contributed by atoms with van der Waals surface area (Å²) in [4.78, 5) is 24.9. The molecule has 0 bridgehead atoms. The number of methoxy groups -OCH3 is 1. The molecule has 2 amide bonds. The van der Waals surface area contributed by atoms with Crippen LogP contribution in [0.3, 0.4) is 0 Å². The molecule has 2 aliphatic heterocycles. The molecule has 5 rings (SSSR count). The predicted molar refractivity (Wildman–Crippen MR) is 115 cm³/mol. The highest BCUT2D eigenvalue weighted by molar-refractivity contribution is 7.23. The maximum Gasteiger partial charge on any atom is 0.323 e.